The van der Waals surface area contributed by atoms with Crippen LogP contribution in [0.3, 0.4) is 0 Å². The van der Waals surface area contributed by atoms with Crippen LogP contribution in [0.2, 0.25) is 5.02 Å². The van der Waals surface area contributed by atoms with E-state index in [1.165, 1.54) is 23.8 Å². The van der Waals surface area contributed by atoms with E-state index < -0.39 is 46.0 Å². The van der Waals surface area contributed by atoms with Crippen molar-refractivity contribution in [1.82, 2.24) is 19.6 Å². The minimum Gasteiger partial charge on any atom is -0.506 e. The Bertz CT molecular complexity index is 1600. The predicted octanol–water partition coefficient (Wildman–Crippen LogP) is 4.73. The highest BCUT2D eigenvalue weighted by molar-refractivity contribution is 6.32. The predicted molar refractivity (Wildman–Crippen MR) is 175 cm³/mol. The number of carbonyl (C=O) groups excluding carboxylic acids is 3. The Hall–Kier alpha value is -3.55. The number of hydrogen-bond acceptors (Lipinski definition) is 7. The standard InChI is InChI=1S/C35H41ClF3N5O5/c36-26-18-22(17-25(31(26)46)35(37,38)39)19-29(32(47)43-15-13-42(14-16-43)28-21-41-9-5-23(28)6-10-41)49-33(48)44-11-7-34(8-12-44)20-30(45)40-27-4-2-1-3-24(27)34/h1-4,17-18,23,28-29,46H,5-16,19-21H2,(H,40,45)/t28?,29-/m1/s1. The number of carbonyl (C=O) groups is 3. The molecule has 0 aliphatic carbocycles. The summed E-state index contributed by atoms with van der Waals surface area (Å²) in [5.74, 6) is -1.02. The fourth-order valence-electron chi connectivity index (χ4n) is 8.62. The Morgan fingerprint density at radius 3 is 2.35 bits per heavy atom. The molecule has 6 heterocycles. The van der Waals surface area contributed by atoms with Crippen LogP contribution in [0.4, 0.5) is 23.7 Å². The maximum Gasteiger partial charge on any atom is 0.420 e. The summed E-state index contributed by atoms with van der Waals surface area (Å²) in [4.78, 5) is 48.3. The summed E-state index contributed by atoms with van der Waals surface area (Å²) in [5.41, 5.74) is 0.0416. The highest BCUT2D eigenvalue weighted by Crippen LogP contribution is 2.45. The van der Waals surface area contributed by atoms with E-state index in [0.29, 0.717) is 57.4 Å². The summed E-state index contributed by atoms with van der Waals surface area (Å²) in [5, 5.41) is 12.4. The number of rotatable bonds is 5. The molecule has 3 amide bonds. The van der Waals surface area contributed by atoms with Gasteiger partial charge in [-0.05, 0) is 74.0 Å². The lowest BCUT2D eigenvalue weighted by Crippen LogP contribution is -2.62. The van der Waals surface area contributed by atoms with Crippen molar-refractivity contribution in [3.05, 3.63) is 58.1 Å². The van der Waals surface area contributed by atoms with Crippen molar-refractivity contribution in [2.24, 2.45) is 5.92 Å². The first-order valence-corrected chi connectivity index (χ1v) is 17.5. The lowest BCUT2D eigenvalue weighted by molar-refractivity contribution is -0.143. The quantitative estimate of drug-likeness (QED) is 0.464. The van der Waals surface area contributed by atoms with E-state index in [1.54, 1.807) is 4.90 Å². The number of hydrogen-bond donors (Lipinski definition) is 2. The molecule has 14 heteroatoms. The van der Waals surface area contributed by atoms with Crippen LogP contribution in [0.1, 0.15) is 48.8 Å². The third-order valence-electron chi connectivity index (χ3n) is 11.3. The SMILES string of the molecule is O=C1CC2(CCN(C(=O)O[C@H](Cc3cc(Cl)c(O)c(C(F)(F)F)c3)C(=O)N3CCN(C4CN5CCC4CC5)CC3)CC2)c2ccccc2N1. The van der Waals surface area contributed by atoms with E-state index in [-0.39, 0.29) is 31.0 Å². The zero-order chi connectivity index (χ0) is 34.5. The number of alkyl halides is 3. The lowest BCUT2D eigenvalue weighted by atomic mass is 9.68. The Morgan fingerprint density at radius 2 is 1.69 bits per heavy atom. The van der Waals surface area contributed by atoms with Gasteiger partial charge in [0.2, 0.25) is 5.91 Å². The van der Waals surface area contributed by atoms with Crippen LogP contribution in [-0.2, 0) is 32.3 Å². The first-order valence-electron chi connectivity index (χ1n) is 17.1. The van der Waals surface area contributed by atoms with Crippen molar-refractivity contribution in [3.63, 3.8) is 0 Å². The number of benzene rings is 2. The van der Waals surface area contributed by atoms with Crippen LogP contribution in [0, 0.1) is 5.92 Å². The maximum absolute atomic E-state index is 14.0. The number of phenols is 1. The average Bonchev–Trinajstić information content (AvgIpc) is 3.09. The molecule has 2 aromatic carbocycles. The molecular weight excluding hydrogens is 663 g/mol. The molecule has 2 atom stereocenters. The molecule has 1 unspecified atom stereocenters. The maximum atomic E-state index is 14.0. The van der Waals surface area contributed by atoms with Crippen LogP contribution >= 0.6 is 11.6 Å². The number of amides is 3. The lowest BCUT2D eigenvalue weighted by Gasteiger charge is -2.51. The van der Waals surface area contributed by atoms with Crippen molar-refractivity contribution < 1.29 is 37.4 Å². The molecule has 8 rings (SSSR count). The van der Waals surface area contributed by atoms with Gasteiger partial charge in [-0.25, -0.2) is 4.79 Å². The summed E-state index contributed by atoms with van der Waals surface area (Å²) >= 11 is 6.00. The van der Waals surface area contributed by atoms with Gasteiger partial charge in [0.1, 0.15) is 5.75 Å². The van der Waals surface area contributed by atoms with Crippen LogP contribution < -0.4 is 5.32 Å². The topological polar surface area (TPSA) is 106 Å². The second-order valence-electron chi connectivity index (χ2n) is 14.2. The van der Waals surface area contributed by atoms with E-state index in [1.807, 2.05) is 24.3 Å². The normalized spacial score (nSPS) is 25.9. The van der Waals surface area contributed by atoms with E-state index in [4.69, 9.17) is 16.3 Å². The first kappa shape index (κ1) is 33.9. The second kappa shape index (κ2) is 13.3. The second-order valence-corrected chi connectivity index (χ2v) is 14.6. The van der Waals surface area contributed by atoms with Crippen molar-refractivity contribution in [2.75, 3.05) is 64.2 Å². The third kappa shape index (κ3) is 6.81. The number of piperazine rings is 1. The number of likely N-dealkylation sites (tertiary alicyclic amines) is 1. The number of nitrogens with zero attached hydrogens (tertiary/aromatic N) is 4. The summed E-state index contributed by atoms with van der Waals surface area (Å²) in [6.07, 6.45) is -3.72. The zero-order valence-electron chi connectivity index (χ0n) is 27.2. The molecule has 0 saturated carbocycles. The van der Waals surface area contributed by atoms with Crippen molar-refractivity contribution in [1.29, 1.82) is 0 Å². The van der Waals surface area contributed by atoms with Gasteiger partial charge in [-0.3, -0.25) is 14.5 Å². The van der Waals surface area contributed by atoms with Gasteiger partial charge in [-0.1, -0.05) is 29.8 Å². The number of nitrogens with one attached hydrogen (secondary N) is 1. The summed E-state index contributed by atoms with van der Waals surface area (Å²) < 4.78 is 47.1. The number of ether oxygens (including phenoxy) is 1. The fourth-order valence-corrected chi connectivity index (χ4v) is 8.86. The molecule has 0 radical (unpaired) electrons. The third-order valence-corrected chi connectivity index (χ3v) is 11.6. The van der Waals surface area contributed by atoms with Gasteiger partial charge in [-0.2, -0.15) is 13.2 Å². The van der Waals surface area contributed by atoms with Crippen LogP contribution in [-0.4, -0.2) is 114 Å². The van der Waals surface area contributed by atoms with Gasteiger partial charge in [0.15, 0.2) is 6.10 Å². The van der Waals surface area contributed by atoms with Crippen LogP contribution in [0.15, 0.2) is 36.4 Å². The largest absolute Gasteiger partial charge is 0.506 e. The summed E-state index contributed by atoms with van der Waals surface area (Å²) in [6.45, 7) is 5.99. The highest BCUT2D eigenvalue weighted by atomic mass is 35.5. The summed E-state index contributed by atoms with van der Waals surface area (Å²) in [6, 6.07) is 9.99. The molecule has 5 fully saturated rings. The molecule has 49 heavy (non-hydrogen) atoms. The van der Waals surface area contributed by atoms with E-state index in [2.05, 4.69) is 15.1 Å². The van der Waals surface area contributed by atoms with E-state index >= 15 is 0 Å². The van der Waals surface area contributed by atoms with Crippen LogP contribution in [0.5, 0.6) is 5.75 Å². The number of halogens is 4. The number of phenolic OH excluding ortho intramolecular Hbond substituents is 1. The Balaban J connectivity index is 1.07. The average molecular weight is 704 g/mol. The fraction of sp³-hybridized carbons (Fsp3) is 0.571. The Labute approximate surface area is 288 Å². The number of aromatic hydroxyl groups is 1. The Morgan fingerprint density at radius 1 is 1.00 bits per heavy atom. The molecular formula is C35H41ClF3N5O5. The number of para-hydroxylation sites is 1. The highest BCUT2D eigenvalue weighted by Gasteiger charge is 2.45. The molecule has 6 aliphatic heterocycles. The molecule has 2 N–H and O–H groups in total. The number of fused-ring (bicyclic) bond motifs is 5. The van der Waals surface area contributed by atoms with Gasteiger partial charge < -0.3 is 29.9 Å². The van der Waals surface area contributed by atoms with Crippen molar-refractivity contribution in [2.45, 2.75) is 62.3 Å². The smallest absolute Gasteiger partial charge is 0.420 e. The Kier molecular flexibility index (Phi) is 9.20. The molecule has 2 aromatic rings. The summed E-state index contributed by atoms with van der Waals surface area (Å²) in [7, 11) is 0. The molecule has 5 saturated heterocycles. The first-order chi connectivity index (χ1) is 23.4. The van der Waals surface area contributed by atoms with Crippen LogP contribution in [0.25, 0.3) is 0 Å². The molecule has 10 nitrogen and oxygen atoms in total. The monoisotopic (exact) mass is 703 g/mol. The molecule has 2 bridgehead atoms. The molecule has 264 valence electrons. The molecule has 0 aromatic heterocycles. The zero-order valence-corrected chi connectivity index (χ0v) is 27.9. The van der Waals surface area contributed by atoms with Gasteiger partial charge in [0, 0.05) is 75.8 Å². The van der Waals surface area contributed by atoms with Gasteiger partial charge in [-0.15, -0.1) is 0 Å². The van der Waals surface area contributed by atoms with E-state index in [0.717, 1.165) is 37.0 Å². The van der Waals surface area contributed by atoms with Crippen molar-refractivity contribution in [3.8, 4) is 5.75 Å². The minimum absolute atomic E-state index is 0.00890. The van der Waals surface area contributed by atoms with Gasteiger partial charge in [0.05, 0.1) is 10.6 Å². The van der Waals surface area contributed by atoms with Gasteiger partial charge in [0.25, 0.3) is 5.91 Å². The molecule has 1 spiro atoms. The van der Waals surface area contributed by atoms with E-state index in [9.17, 15) is 32.7 Å². The van der Waals surface area contributed by atoms with Gasteiger partial charge >= 0.3 is 12.3 Å². The van der Waals surface area contributed by atoms with Crippen molar-refractivity contribution >= 4 is 35.2 Å². The molecule has 6 aliphatic rings. The number of anilines is 1. The number of piperidine rings is 4. The minimum atomic E-state index is -4.89.